The van der Waals surface area contributed by atoms with Crippen LogP contribution in [-0.4, -0.2) is 66.9 Å². The average Bonchev–Trinajstić information content (AvgIpc) is 2.76. The van der Waals surface area contributed by atoms with Crippen molar-refractivity contribution in [2.24, 2.45) is 0 Å². The monoisotopic (exact) mass is 254 g/mol. The first-order chi connectivity index (χ1) is 8.58. The smallest absolute Gasteiger partial charge is 0.236 e. The summed E-state index contributed by atoms with van der Waals surface area (Å²) in [4.78, 5) is 27.1. The molecule has 0 spiro atoms. The quantitative estimate of drug-likeness (QED) is 0.726. The zero-order chi connectivity index (χ0) is 13.1. The topological polar surface area (TPSA) is 49.9 Å². The zero-order valence-electron chi connectivity index (χ0n) is 11.2. The molecule has 0 aliphatic carbocycles. The van der Waals surface area contributed by atoms with Gasteiger partial charge >= 0.3 is 0 Å². The van der Waals surface area contributed by atoms with Gasteiger partial charge in [0.25, 0.3) is 0 Å². The van der Waals surface area contributed by atoms with Crippen molar-refractivity contribution in [1.29, 1.82) is 0 Å². The average molecular weight is 254 g/mol. The van der Waals surface area contributed by atoms with Crippen LogP contribution in [0.25, 0.3) is 0 Å². The summed E-state index contributed by atoms with van der Waals surface area (Å²) < 4.78 is 5.52. The van der Waals surface area contributed by atoms with Crippen molar-refractivity contribution >= 4 is 11.7 Å². The molecular formula is C13H22N2O3. The van der Waals surface area contributed by atoms with Crippen molar-refractivity contribution in [2.45, 2.75) is 38.3 Å². The van der Waals surface area contributed by atoms with Crippen LogP contribution in [0, 0.1) is 0 Å². The molecule has 1 amide bonds. The Balaban J connectivity index is 1.81. The number of amides is 1. The molecule has 0 aromatic heterocycles. The van der Waals surface area contributed by atoms with Gasteiger partial charge in [-0.25, -0.2) is 0 Å². The molecule has 0 aromatic carbocycles. The fourth-order valence-electron chi connectivity index (χ4n) is 2.74. The van der Waals surface area contributed by atoms with E-state index >= 15 is 0 Å². The third-order valence-electron chi connectivity index (χ3n) is 3.96. The fourth-order valence-corrected chi connectivity index (χ4v) is 2.74. The van der Waals surface area contributed by atoms with Crippen molar-refractivity contribution in [3.05, 3.63) is 0 Å². The number of hydrogen-bond donors (Lipinski definition) is 0. The van der Waals surface area contributed by atoms with E-state index in [-0.39, 0.29) is 17.8 Å². The summed E-state index contributed by atoms with van der Waals surface area (Å²) in [6.45, 7) is 4.43. The molecule has 2 fully saturated rings. The number of rotatable bonds is 3. The Bertz CT molecular complexity index is 322. The molecule has 2 saturated heterocycles. The first-order valence-corrected chi connectivity index (χ1v) is 6.69. The SMILES string of the molecule is CC1OCCC1N(C)CC(=O)N1CCC(=O)CC1. The number of carbonyl (C=O) groups excluding carboxylic acids is 2. The van der Waals surface area contributed by atoms with Crippen molar-refractivity contribution in [2.75, 3.05) is 33.3 Å². The van der Waals surface area contributed by atoms with E-state index in [0.717, 1.165) is 13.0 Å². The molecule has 2 rings (SSSR count). The van der Waals surface area contributed by atoms with Crippen molar-refractivity contribution in [3.8, 4) is 0 Å². The van der Waals surface area contributed by atoms with Gasteiger partial charge in [0.05, 0.1) is 12.6 Å². The van der Waals surface area contributed by atoms with E-state index in [9.17, 15) is 9.59 Å². The lowest BCUT2D eigenvalue weighted by molar-refractivity contribution is -0.135. The predicted molar refractivity (Wildman–Crippen MR) is 67.3 cm³/mol. The van der Waals surface area contributed by atoms with Gasteiger partial charge in [0.2, 0.25) is 5.91 Å². The summed E-state index contributed by atoms with van der Waals surface area (Å²) in [6, 6.07) is 0.334. The summed E-state index contributed by atoms with van der Waals surface area (Å²) in [5.41, 5.74) is 0. The maximum atomic E-state index is 12.1. The highest BCUT2D eigenvalue weighted by Crippen LogP contribution is 2.18. The predicted octanol–water partition coefficient (Wildman–Crippen LogP) is 0.287. The van der Waals surface area contributed by atoms with Gasteiger partial charge in [0.15, 0.2) is 0 Å². The lowest BCUT2D eigenvalue weighted by atomic mass is 10.1. The minimum Gasteiger partial charge on any atom is -0.377 e. The first kappa shape index (κ1) is 13.5. The molecule has 0 bridgehead atoms. The van der Waals surface area contributed by atoms with Crippen molar-refractivity contribution in [3.63, 3.8) is 0 Å². The number of ether oxygens (including phenoxy) is 1. The highest BCUT2D eigenvalue weighted by molar-refractivity contribution is 5.84. The highest BCUT2D eigenvalue weighted by Gasteiger charge is 2.30. The van der Waals surface area contributed by atoms with Crippen LogP contribution in [0.15, 0.2) is 0 Å². The highest BCUT2D eigenvalue weighted by atomic mass is 16.5. The molecule has 5 heteroatoms. The number of Topliss-reactive ketones (excluding diaryl/α,β-unsaturated/α-hetero) is 1. The number of likely N-dealkylation sites (N-methyl/N-ethyl adjacent to an activating group) is 1. The second-order valence-electron chi connectivity index (χ2n) is 5.27. The van der Waals surface area contributed by atoms with E-state index in [1.807, 2.05) is 7.05 Å². The van der Waals surface area contributed by atoms with Gasteiger partial charge in [-0.1, -0.05) is 0 Å². The minimum atomic E-state index is 0.129. The number of nitrogens with zero attached hydrogens (tertiary/aromatic N) is 2. The van der Waals surface area contributed by atoms with Crippen LogP contribution in [0.2, 0.25) is 0 Å². The van der Waals surface area contributed by atoms with Crippen LogP contribution >= 0.6 is 0 Å². The van der Waals surface area contributed by atoms with Crippen LogP contribution in [0.5, 0.6) is 0 Å². The van der Waals surface area contributed by atoms with E-state index in [2.05, 4.69) is 11.8 Å². The molecule has 2 heterocycles. The van der Waals surface area contributed by atoms with Crippen LogP contribution in [-0.2, 0) is 14.3 Å². The Morgan fingerprint density at radius 3 is 2.67 bits per heavy atom. The third-order valence-corrected chi connectivity index (χ3v) is 3.96. The largest absolute Gasteiger partial charge is 0.377 e. The Kier molecular flexibility index (Phi) is 4.35. The molecule has 0 aromatic rings. The van der Waals surface area contributed by atoms with Gasteiger partial charge in [0.1, 0.15) is 5.78 Å². The van der Waals surface area contributed by atoms with Gasteiger partial charge < -0.3 is 9.64 Å². The van der Waals surface area contributed by atoms with E-state index in [0.29, 0.717) is 38.5 Å². The molecule has 2 unspecified atom stereocenters. The number of ketones is 1. The summed E-state index contributed by atoms with van der Waals surface area (Å²) in [7, 11) is 1.98. The minimum absolute atomic E-state index is 0.129. The molecule has 0 saturated carbocycles. The van der Waals surface area contributed by atoms with E-state index < -0.39 is 0 Å². The second kappa shape index (κ2) is 5.80. The summed E-state index contributed by atoms with van der Waals surface area (Å²) in [5, 5.41) is 0. The van der Waals surface area contributed by atoms with Crippen LogP contribution < -0.4 is 0 Å². The summed E-state index contributed by atoms with van der Waals surface area (Å²) in [6.07, 6.45) is 2.21. The molecule has 2 atom stereocenters. The number of hydrogen-bond acceptors (Lipinski definition) is 4. The van der Waals surface area contributed by atoms with Gasteiger partial charge in [-0.2, -0.15) is 0 Å². The van der Waals surface area contributed by atoms with Gasteiger partial charge in [0, 0.05) is 38.6 Å². The van der Waals surface area contributed by atoms with E-state index in [1.54, 1.807) is 4.90 Å². The van der Waals surface area contributed by atoms with Crippen LogP contribution in [0.4, 0.5) is 0 Å². The zero-order valence-corrected chi connectivity index (χ0v) is 11.2. The number of piperidine rings is 1. The second-order valence-corrected chi connectivity index (χ2v) is 5.27. The molecular weight excluding hydrogens is 232 g/mol. The maximum Gasteiger partial charge on any atom is 0.236 e. The molecule has 102 valence electrons. The standard InChI is InChI=1S/C13H22N2O3/c1-10-12(5-8-18-10)14(2)9-13(17)15-6-3-11(16)4-7-15/h10,12H,3-9H2,1-2H3. The van der Waals surface area contributed by atoms with Gasteiger partial charge in [-0.15, -0.1) is 0 Å². The maximum absolute atomic E-state index is 12.1. The normalized spacial score (nSPS) is 29.1. The van der Waals surface area contributed by atoms with Crippen LogP contribution in [0.1, 0.15) is 26.2 Å². The molecule has 2 aliphatic rings. The lowest BCUT2D eigenvalue weighted by Gasteiger charge is -2.31. The Morgan fingerprint density at radius 2 is 2.11 bits per heavy atom. The van der Waals surface area contributed by atoms with Gasteiger partial charge in [-0.05, 0) is 20.4 Å². The van der Waals surface area contributed by atoms with Crippen LogP contribution in [0.3, 0.4) is 0 Å². The molecule has 18 heavy (non-hydrogen) atoms. The molecule has 5 nitrogen and oxygen atoms in total. The van der Waals surface area contributed by atoms with Crippen molar-refractivity contribution in [1.82, 2.24) is 9.80 Å². The van der Waals surface area contributed by atoms with Gasteiger partial charge in [-0.3, -0.25) is 14.5 Å². The van der Waals surface area contributed by atoms with Crippen molar-refractivity contribution < 1.29 is 14.3 Å². The Labute approximate surface area is 108 Å². The lowest BCUT2D eigenvalue weighted by Crippen LogP contribution is -2.47. The molecule has 0 N–H and O–H groups in total. The number of likely N-dealkylation sites (tertiary alicyclic amines) is 1. The molecule has 2 aliphatic heterocycles. The number of carbonyl (C=O) groups is 2. The first-order valence-electron chi connectivity index (χ1n) is 6.69. The summed E-state index contributed by atoms with van der Waals surface area (Å²) in [5.74, 6) is 0.398. The Hall–Kier alpha value is -0.940. The Morgan fingerprint density at radius 1 is 1.44 bits per heavy atom. The van der Waals surface area contributed by atoms with E-state index in [1.165, 1.54) is 0 Å². The van der Waals surface area contributed by atoms with E-state index in [4.69, 9.17) is 4.74 Å². The fraction of sp³-hybridized carbons (Fsp3) is 0.846. The summed E-state index contributed by atoms with van der Waals surface area (Å²) >= 11 is 0. The molecule has 0 radical (unpaired) electrons. The third kappa shape index (κ3) is 3.09.